The van der Waals surface area contributed by atoms with Gasteiger partial charge in [-0.3, -0.25) is 9.69 Å². The van der Waals surface area contributed by atoms with Gasteiger partial charge in [0, 0.05) is 18.2 Å². The lowest BCUT2D eigenvalue weighted by atomic mass is 10.1. The minimum Gasteiger partial charge on any atom is -0.443 e. The lowest BCUT2D eigenvalue weighted by molar-refractivity contribution is 0.0589. The van der Waals surface area contributed by atoms with E-state index in [4.69, 9.17) is 4.74 Å². The lowest BCUT2D eigenvalue weighted by Gasteiger charge is -2.26. The van der Waals surface area contributed by atoms with Crippen molar-refractivity contribution in [1.82, 2.24) is 0 Å². The highest BCUT2D eigenvalue weighted by molar-refractivity contribution is 7.81. The van der Waals surface area contributed by atoms with Crippen molar-refractivity contribution in [3.8, 4) is 5.75 Å². The molecule has 0 aliphatic rings. The molecule has 0 fully saturated rings. The molecule has 1 aromatic rings. The van der Waals surface area contributed by atoms with Crippen LogP contribution in [0.3, 0.4) is 0 Å². The highest BCUT2D eigenvalue weighted by atomic mass is 32.3. The lowest BCUT2D eigenvalue weighted by Crippen LogP contribution is -2.34. The van der Waals surface area contributed by atoms with Gasteiger partial charge in [-0.15, -0.1) is 0 Å². The molecule has 1 rings (SSSR count). The maximum absolute atomic E-state index is 12.8. The maximum Gasteiger partial charge on any atom is 0.488 e. The summed E-state index contributed by atoms with van der Waals surface area (Å²) in [6.45, 7) is 6.46. The van der Waals surface area contributed by atoms with Gasteiger partial charge in [-0.2, -0.15) is 8.42 Å². The van der Waals surface area contributed by atoms with Crippen LogP contribution in [-0.4, -0.2) is 33.4 Å². The molecule has 0 aliphatic carbocycles. The van der Waals surface area contributed by atoms with E-state index in [0.29, 0.717) is 6.29 Å². The summed E-state index contributed by atoms with van der Waals surface area (Å²) in [5.41, 5.74) is -0.421. The first-order chi connectivity index (χ1) is 10.3. The van der Waals surface area contributed by atoms with Gasteiger partial charge in [0.1, 0.15) is 11.9 Å². The fourth-order valence-electron chi connectivity index (χ4n) is 1.73. The first kappa shape index (κ1) is 18.9. The summed E-state index contributed by atoms with van der Waals surface area (Å²) in [4.78, 5) is 24.1. The highest BCUT2D eigenvalue weighted by Crippen LogP contribution is 2.31. The number of benzene rings is 1. The number of amides is 1. The molecule has 9 heteroatoms. The first-order valence-electron chi connectivity index (χ1n) is 6.54. The van der Waals surface area contributed by atoms with E-state index in [1.165, 1.54) is 20.0 Å². The predicted molar refractivity (Wildman–Crippen MR) is 81.9 cm³/mol. The van der Waals surface area contributed by atoms with Crippen molar-refractivity contribution in [2.75, 3.05) is 11.9 Å². The van der Waals surface area contributed by atoms with E-state index >= 15 is 0 Å². The van der Waals surface area contributed by atoms with Crippen LogP contribution < -0.4 is 9.08 Å². The number of halogens is 1. The van der Waals surface area contributed by atoms with Crippen LogP contribution in [-0.2, 0) is 15.2 Å². The highest BCUT2D eigenvalue weighted by Gasteiger charge is 2.24. The van der Waals surface area contributed by atoms with E-state index in [-0.39, 0.29) is 22.6 Å². The van der Waals surface area contributed by atoms with Gasteiger partial charge in [0.05, 0.1) is 5.69 Å². The SMILES string of the molecule is Cc1c(OS(=O)(=O)F)cc(C=O)cc1N(C)C(=O)OC(C)(C)C. The summed E-state index contributed by atoms with van der Waals surface area (Å²) in [5.74, 6) is -0.387. The molecule has 1 amide bonds. The first-order valence-corrected chi connectivity index (χ1v) is 7.85. The number of aldehydes is 1. The Labute approximate surface area is 134 Å². The third-order valence-corrected chi connectivity index (χ3v) is 3.09. The number of rotatable bonds is 4. The maximum atomic E-state index is 12.8. The summed E-state index contributed by atoms with van der Waals surface area (Å²) in [5, 5.41) is 0. The van der Waals surface area contributed by atoms with Gasteiger partial charge in [-0.05, 0) is 39.8 Å². The van der Waals surface area contributed by atoms with Crippen molar-refractivity contribution < 1.29 is 30.8 Å². The van der Waals surface area contributed by atoms with Gasteiger partial charge in [0.25, 0.3) is 0 Å². The minimum atomic E-state index is -5.27. The predicted octanol–water partition coefficient (Wildman–Crippen LogP) is 2.77. The van der Waals surface area contributed by atoms with Crippen LogP contribution in [0.4, 0.5) is 14.4 Å². The third-order valence-electron chi connectivity index (χ3n) is 2.71. The molecule has 0 heterocycles. The second-order valence-corrected chi connectivity index (χ2v) is 6.75. The fraction of sp³-hybridized carbons (Fsp3) is 0.429. The van der Waals surface area contributed by atoms with E-state index in [1.807, 2.05) is 0 Å². The van der Waals surface area contributed by atoms with Crippen LogP contribution in [0.2, 0.25) is 0 Å². The Bertz CT molecular complexity index is 724. The molecule has 0 atom stereocenters. The Kier molecular flexibility index (Phi) is 5.36. The molecule has 0 N–H and O–H groups in total. The second-order valence-electron chi connectivity index (χ2n) is 5.80. The van der Waals surface area contributed by atoms with E-state index in [2.05, 4.69) is 4.18 Å². The Balaban J connectivity index is 3.32. The number of nitrogens with zero attached hydrogens (tertiary/aromatic N) is 1. The molecular formula is C14H18FNO6S. The van der Waals surface area contributed by atoms with Crippen molar-refractivity contribution in [1.29, 1.82) is 0 Å². The Morgan fingerprint density at radius 1 is 1.30 bits per heavy atom. The average molecular weight is 347 g/mol. The smallest absolute Gasteiger partial charge is 0.443 e. The van der Waals surface area contributed by atoms with Gasteiger partial charge in [-0.1, -0.05) is 3.89 Å². The minimum absolute atomic E-state index is 0.0136. The second kappa shape index (κ2) is 6.53. The molecule has 128 valence electrons. The standard InChI is InChI=1S/C14H18FNO6S/c1-9-11(16(5)13(18)21-14(2,3)4)6-10(8-17)7-12(9)22-23(15,19)20/h6-8H,1-5H3. The zero-order valence-corrected chi connectivity index (χ0v) is 14.2. The molecule has 0 radical (unpaired) electrons. The van der Waals surface area contributed by atoms with Crippen molar-refractivity contribution in [3.63, 3.8) is 0 Å². The number of ether oxygens (including phenoxy) is 1. The normalized spacial score (nSPS) is 11.7. The molecule has 0 spiro atoms. The zero-order chi connectivity index (χ0) is 18.0. The van der Waals surface area contributed by atoms with Gasteiger partial charge in [-0.25, -0.2) is 4.79 Å². The molecule has 23 heavy (non-hydrogen) atoms. The number of carbonyl (C=O) groups is 2. The third kappa shape index (κ3) is 5.51. The van der Waals surface area contributed by atoms with Crippen LogP contribution in [0.1, 0.15) is 36.7 Å². The van der Waals surface area contributed by atoms with Crippen LogP contribution in [0.15, 0.2) is 12.1 Å². The number of carbonyl (C=O) groups excluding carboxylic acids is 2. The van der Waals surface area contributed by atoms with E-state index in [1.54, 1.807) is 20.8 Å². The summed E-state index contributed by atoms with van der Waals surface area (Å²) < 4.78 is 43.5. The summed E-state index contributed by atoms with van der Waals surface area (Å²) in [6, 6.07) is 2.40. The zero-order valence-electron chi connectivity index (χ0n) is 13.4. The molecule has 0 saturated heterocycles. The van der Waals surface area contributed by atoms with E-state index < -0.39 is 22.2 Å². The summed E-state index contributed by atoms with van der Waals surface area (Å²) in [6.07, 6.45) is -0.304. The van der Waals surface area contributed by atoms with E-state index in [9.17, 15) is 21.9 Å². The molecule has 0 bridgehead atoms. The Hall–Kier alpha value is -2.16. The van der Waals surface area contributed by atoms with Crippen molar-refractivity contribution in [2.24, 2.45) is 0 Å². The number of hydrogen-bond donors (Lipinski definition) is 0. The Morgan fingerprint density at radius 2 is 1.87 bits per heavy atom. The van der Waals surface area contributed by atoms with E-state index in [0.717, 1.165) is 11.0 Å². The fourth-order valence-corrected chi connectivity index (χ4v) is 2.12. The summed E-state index contributed by atoms with van der Waals surface area (Å²) in [7, 11) is -3.89. The molecule has 0 unspecified atom stereocenters. The van der Waals surface area contributed by atoms with Crippen molar-refractivity contribution >= 4 is 28.6 Å². The van der Waals surface area contributed by atoms with Crippen molar-refractivity contribution in [3.05, 3.63) is 23.3 Å². The number of anilines is 1. The topological polar surface area (TPSA) is 90.0 Å². The van der Waals surface area contributed by atoms with Crippen LogP contribution in [0.25, 0.3) is 0 Å². The number of hydrogen-bond acceptors (Lipinski definition) is 6. The molecule has 1 aromatic carbocycles. The molecule has 0 aliphatic heterocycles. The van der Waals surface area contributed by atoms with Gasteiger partial charge >= 0.3 is 16.6 Å². The van der Waals surface area contributed by atoms with Crippen molar-refractivity contribution in [2.45, 2.75) is 33.3 Å². The monoisotopic (exact) mass is 347 g/mol. The van der Waals surface area contributed by atoms with Gasteiger partial charge in [0.2, 0.25) is 0 Å². The average Bonchev–Trinajstić information content (AvgIpc) is 2.36. The van der Waals surface area contributed by atoms with Crippen LogP contribution in [0.5, 0.6) is 5.75 Å². The van der Waals surface area contributed by atoms with Gasteiger partial charge < -0.3 is 8.92 Å². The molecule has 0 aromatic heterocycles. The summed E-state index contributed by atoms with van der Waals surface area (Å²) >= 11 is 0. The van der Waals surface area contributed by atoms with Gasteiger partial charge in [0.15, 0.2) is 5.75 Å². The molecule has 7 nitrogen and oxygen atoms in total. The Morgan fingerprint density at radius 3 is 2.30 bits per heavy atom. The molecule has 0 saturated carbocycles. The largest absolute Gasteiger partial charge is 0.488 e. The van der Waals surface area contributed by atoms with Crippen LogP contribution in [0, 0.1) is 6.92 Å². The molecular weight excluding hydrogens is 329 g/mol. The van der Waals surface area contributed by atoms with Crippen LogP contribution >= 0.6 is 0 Å². The quantitative estimate of drug-likeness (QED) is 0.614.